The van der Waals surface area contributed by atoms with Crippen LogP contribution in [0.5, 0.6) is 0 Å². The fourth-order valence-corrected chi connectivity index (χ4v) is 1.84. The molecule has 3 nitrogen and oxygen atoms in total. The molecular weight excluding hydrogens is 196 g/mol. The Kier molecular flexibility index (Phi) is 2.68. The van der Waals surface area contributed by atoms with Crippen LogP contribution in [0.4, 0.5) is 0 Å². The summed E-state index contributed by atoms with van der Waals surface area (Å²) in [6, 6.07) is -0.00317. The van der Waals surface area contributed by atoms with Crippen molar-refractivity contribution in [3.05, 3.63) is 0 Å². The second-order valence-corrected chi connectivity index (χ2v) is 4.06. The van der Waals surface area contributed by atoms with Crippen LogP contribution in [0.25, 0.3) is 0 Å². The first-order valence-corrected chi connectivity index (χ1v) is 4.36. The number of nitrogens with two attached hydrogens (primary N) is 2. The van der Waals surface area contributed by atoms with Crippen LogP contribution in [0.2, 0.25) is 0 Å². The van der Waals surface area contributed by atoms with E-state index in [2.05, 4.69) is 15.9 Å². The van der Waals surface area contributed by atoms with E-state index in [9.17, 15) is 5.11 Å². The molecule has 0 aliphatic heterocycles. The van der Waals surface area contributed by atoms with Gasteiger partial charge in [-0.1, -0.05) is 15.9 Å². The molecule has 0 heterocycles. The normalized spacial score (nSPS) is 49.2. The highest BCUT2D eigenvalue weighted by Gasteiger charge is 2.30. The van der Waals surface area contributed by atoms with E-state index in [0.717, 1.165) is 6.42 Å². The lowest BCUT2D eigenvalue weighted by Crippen LogP contribution is -2.51. The van der Waals surface area contributed by atoms with E-state index in [1.165, 1.54) is 0 Å². The number of aliphatic hydroxyl groups is 1. The molecule has 0 amide bonds. The average Bonchev–Trinajstić information content (AvgIpc) is 1.84. The van der Waals surface area contributed by atoms with E-state index < -0.39 is 0 Å². The van der Waals surface area contributed by atoms with Crippen LogP contribution in [-0.4, -0.2) is 28.1 Å². The predicted molar refractivity (Wildman–Crippen MR) is 43.9 cm³/mol. The molecule has 0 aromatic heterocycles. The standard InChI is InChI=1S/C6H13BrN2O/c7-3-1-4(8)5(9)2-6(3)10/h3-6,10H,1-2,8-9H2. The van der Waals surface area contributed by atoms with Crippen molar-refractivity contribution in [1.29, 1.82) is 0 Å². The first kappa shape index (κ1) is 8.46. The van der Waals surface area contributed by atoms with E-state index in [-0.39, 0.29) is 23.0 Å². The summed E-state index contributed by atoms with van der Waals surface area (Å²) in [6.07, 6.45) is 1.05. The lowest BCUT2D eigenvalue weighted by atomic mass is 9.89. The Bertz CT molecular complexity index is 96.3. The Morgan fingerprint density at radius 3 is 2.20 bits per heavy atom. The highest BCUT2D eigenvalue weighted by atomic mass is 79.9. The highest BCUT2D eigenvalue weighted by Crippen LogP contribution is 2.22. The van der Waals surface area contributed by atoms with E-state index in [1.54, 1.807) is 0 Å². The molecule has 0 spiro atoms. The molecule has 1 fully saturated rings. The van der Waals surface area contributed by atoms with Crippen molar-refractivity contribution in [3.63, 3.8) is 0 Å². The molecule has 0 bridgehead atoms. The van der Waals surface area contributed by atoms with Gasteiger partial charge in [-0.2, -0.15) is 0 Å². The number of hydrogen-bond acceptors (Lipinski definition) is 3. The molecular formula is C6H13BrN2O. The summed E-state index contributed by atoms with van der Waals surface area (Å²) in [5, 5.41) is 9.28. The van der Waals surface area contributed by atoms with Gasteiger partial charge in [0.05, 0.1) is 6.10 Å². The Morgan fingerprint density at radius 1 is 1.20 bits per heavy atom. The minimum atomic E-state index is -0.324. The Labute approximate surface area is 68.9 Å². The molecule has 1 aliphatic rings. The molecule has 4 unspecified atom stereocenters. The van der Waals surface area contributed by atoms with Crippen molar-refractivity contribution in [2.45, 2.75) is 35.9 Å². The van der Waals surface area contributed by atoms with Crippen molar-refractivity contribution in [1.82, 2.24) is 0 Å². The fraction of sp³-hybridized carbons (Fsp3) is 1.00. The number of alkyl halides is 1. The van der Waals surface area contributed by atoms with Gasteiger partial charge in [-0.25, -0.2) is 0 Å². The van der Waals surface area contributed by atoms with Gasteiger partial charge in [-0.05, 0) is 12.8 Å². The van der Waals surface area contributed by atoms with E-state index in [1.807, 2.05) is 0 Å². The van der Waals surface area contributed by atoms with Gasteiger partial charge in [-0.3, -0.25) is 0 Å². The minimum Gasteiger partial charge on any atom is -0.392 e. The molecule has 10 heavy (non-hydrogen) atoms. The Balaban J connectivity index is 2.46. The maximum atomic E-state index is 9.28. The molecule has 0 saturated heterocycles. The zero-order valence-electron chi connectivity index (χ0n) is 5.70. The quantitative estimate of drug-likeness (QED) is 0.473. The van der Waals surface area contributed by atoms with Crippen LogP contribution in [0, 0.1) is 0 Å². The maximum Gasteiger partial charge on any atom is 0.0681 e. The summed E-state index contributed by atoms with van der Waals surface area (Å²) in [6.45, 7) is 0. The summed E-state index contributed by atoms with van der Waals surface area (Å²) in [4.78, 5) is 0.127. The third-order valence-corrected chi connectivity index (χ3v) is 2.96. The highest BCUT2D eigenvalue weighted by molar-refractivity contribution is 9.09. The van der Waals surface area contributed by atoms with Crippen LogP contribution in [-0.2, 0) is 0 Å². The number of hydrogen-bond donors (Lipinski definition) is 3. The van der Waals surface area contributed by atoms with Crippen molar-refractivity contribution < 1.29 is 5.11 Å². The van der Waals surface area contributed by atoms with Gasteiger partial charge >= 0.3 is 0 Å². The van der Waals surface area contributed by atoms with E-state index >= 15 is 0 Å². The third-order valence-electron chi connectivity index (χ3n) is 1.98. The van der Waals surface area contributed by atoms with Gasteiger partial charge in [0.2, 0.25) is 0 Å². The molecule has 0 radical (unpaired) electrons. The van der Waals surface area contributed by atoms with Gasteiger partial charge < -0.3 is 16.6 Å². The SMILES string of the molecule is NC1CC(O)C(Br)CC1N. The van der Waals surface area contributed by atoms with Crippen LogP contribution < -0.4 is 11.5 Å². The van der Waals surface area contributed by atoms with Gasteiger partial charge in [0, 0.05) is 16.9 Å². The van der Waals surface area contributed by atoms with Gasteiger partial charge in [-0.15, -0.1) is 0 Å². The fourth-order valence-electron chi connectivity index (χ4n) is 1.19. The molecule has 0 aromatic rings. The molecule has 0 aromatic carbocycles. The van der Waals surface area contributed by atoms with Gasteiger partial charge in [0.15, 0.2) is 0 Å². The summed E-state index contributed by atoms with van der Waals surface area (Å²) in [5.74, 6) is 0. The van der Waals surface area contributed by atoms with E-state index in [0.29, 0.717) is 6.42 Å². The Morgan fingerprint density at radius 2 is 1.70 bits per heavy atom. The second kappa shape index (κ2) is 3.17. The largest absolute Gasteiger partial charge is 0.392 e. The van der Waals surface area contributed by atoms with Gasteiger partial charge in [0.1, 0.15) is 0 Å². The van der Waals surface area contributed by atoms with Crippen LogP contribution in [0.15, 0.2) is 0 Å². The van der Waals surface area contributed by atoms with Crippen LogP contribution >= 0.6 is 15.9 Å². The zero-order valence-corrected chi connectivity index (χ0v) is 7.29. The zero-order chi connectivity index (χ0) is 7.72. The maximum absolute atomic E-state index is 9.28. The smallest absolute Gasteiger partial charge is 0.0681 e. The second-order valence-electron chi connectivity index (χ2n) is 2.88. The van der Waals surface area contributed by atoms with Crippen molar-refractivity contribution in [3.8, 4) is 0 Å². The van der Waals surface area contributed by atoms with Crippen molar-refractivity contribution >= 4 is 15.9 Å². The minimum absolute atomic E-state index is 0.0350. The summed E-state index contributed by atoms with van der Waals surface area (Å²) >= 11 is 3.34. The molecule has 4 atom stereocenters. The van der Waals surface area contributed by atoms with E-state index in [4.69, 9.17) is 11.5 Å². The lowest BCUT2D eigenvalue weighted by molar-refractivity contribution is 0.121. The predicted octanol–water partition coefficient (Wildman–Crippen LogP) is -0.441. The summed E-state index contributed by atoms with van der Waals surface area (Å²) in [5.41, 5.74) is 11.3. The van der Waals surface area contributed by atoms with Crippen LogP contribution in [0.3, 0.4) is 0 Å². The average molecular weight is 209 g/mol. The van der Waals surface area contributed by atoms with Crippen molar-refractivity contribution in [2.24, 2.45) is 11.5 Å². The summed E-state index contributed by atoms with van der Waals surface area (Å²) in [7, 11) is 0. The molecule has 1 aliphatic carbocycles. The lowest BCUT2D eigenvalue weighted by Gasteiger charge is -2.32. The molecule has 5 N–H and O–H groups in total. The number of halogens is 1. The molecule has 4 heteroatoms. The van der Waals surface area contributed by atoms with Gasteiger partial charge in [0.25, 0.3) is 0 Å². The Hall–Kier alpha value is 0.360. The summed E-state index contributed by atoms with van der Waals surface area (Å²) < 4.78 is 0. The number of rotatable bonds is 0. The van der Waals surface area contributed by atoms with Crippen LogP contribution in [0.1, 0.15) is 12.8 Å². The molecule has 1 saturated carbocycles. The molecule has 60 valence electrons. The first-order valence-electron chi connectivity index (χ1n) is 3.44. The monoisotopic (exact) mass is 208 g/mol. The number of aliphatic hydroxyl groups excluding tert-OH is 1. The first-order chi connectivity index (χ1) is 4.61. The third kappa shape index (κ3) is 1.69. The van der Waals surface area contributed by atoms with Crippen molar-refractivity contribution in [2.75, 3.05) is 0 Å². The topological polar surface area (TPSA) is 72.3 Å². The molecule has 1 rings (SSSR count).